The second kappa shape index (κ2) is 10.4. The number of nitrogens with two attached hydrogens (primary N) is 1. The zero-order valence-electron chi connectivity index (χ0n) is 19.2. The van der Waals surface area contributed by atoms with E-state index in [1.165, 1.54) is 23.6 Å². The maximum atomic E-state index is 13.1. The zero-order valence-corrected chi connectivity index (χ0v) is 20.0. The van der Waals surface area contributed by atoms with Crippen molar-refractivity contribution in [2.45, 2.75) is 25.8 Å². The van der Waals surface area contributed by atoms with Crippen molar-refractivity contribution in [1.82, 2.24) is 14.5 Å². The third kappa shape index (κ3) is 4.72. The van der Waals surface area contributed by atoms with Gasteiger partial charge < -0.3 is 20.6 Å². The van der Waals surface area contributed by atoms with Crippen LogP contribution in [-0.4, -0.2) is 45.6 Å². The molecule has 2 aromatic heterocycles. The summed E-state index contributed by atoms with van der Waals surface area (Å²) in [5.74, 6) is -0.196. The first kappa shape index (κ1) is 23.9. The van der Waals surface area contributed by atoms with Gasteiger partial charge in [0.2, 0.25) is 5.95 Å². The van der Waals surface area contributed by atoms with Gasteiger partial charge in [0.1, 0.15) is 11.6 Å². The summed E-state index contributed by atoms with van der Waals surface area (Å²) in [7, 11) is 0. The minimum absolute atomic E-state index is 0.115. The number of nitrogens with one attached hydrogen (secondary N) is 2. The van der Waals surface area contributed by atoms with Crippen LogP contribution in [0.15, 0.2) is 54.2 Å². The molecular weight excluding hydrogens is 462 g/mol. The second-order valence-corrected chi connectivity index (χ2v) is 9.12. The van der Waals surface area contributed by atoms with Crippen LogP contribution in [0.3, 0.4) is 0 Å². The van der Waals surface area contributed by atoms with Crippen LogP contribution in [0.5, 0.6) is 0 Å². The summed E-state index contributed by atoms with van der Waals surface area (Å²) in [5.41, 5.74) is 7.82. The van der Waals surface area contributed by atoms with E-state index in [4.69, 9.17) is 11.1 Å². The molecule has 4 N–H and O–H groups in total. The molecule has 1 saturated heterocycles. The predicted molar refractivity (Wildman–Crippen MR) is 137 cm³/mol. The number of hydrogen-bond acceptors (Lipinski definition) is 7. The number of amides is 2. The fourth-order valence-electron chi connectivity index (χ4n) is 4.24. The molecule has 3 aromatic rings. The number of carbonyl (C=O) groups is 2. The number of anilines is 1. The van der Waals surface area contributed by atoms with Crippen molar-refractivity contribution in [3.05, 3.63) is 64.0 Å². The second-order valence-electron chi connectivity index (χ2n) is 8.04. The Morgan fingerprint density at radius 3 is 2.77 bits per heavy atom. The molecule has 1 aromatic carbocycles. The molecule has 1 aliphatic rings. The minimum atomic E-state index is -0.316. The van der Waals surface area contributed by atoms with E-state index in [1.54, 1.807) is 24.0 Å². The highest BCUT2D eigenvalue weighted by molar-refractivity contribution is 7.15. The average Bonchev–Trinajstić information content (AvgIpc) is 3.51. The molecule has 4 rings (SSSR count). The Balaban J connectivity index is 1.65. The summed E-state index contributed by atoms with van der Waals surface area (Å²) in [6.07, 6.45) is 5.59. The number of nitrogens with zero attached hydrogens (tertiary/aromatic N) is 4. The number of allylic oxidation sites excluding steroid dienone is 2. The van der Waals surface area contributed by atoms with Gasteiger partial charge in [0, 0.05) is 36.0 Å². The fraction of sp³-hybridized carbons (Fsp3) is 0.240. The van der Waals surface area contributed by atoms with Crippen LogP contribution in [0, 0.1) is 16.7 Å². The highest BCUT2D eigenvalue weighted by atomic mass is 32.1. The van der Waals surface area contributed by atoms with Crippen molar-refractivity contribution < 1.29 is 9.59 Å². The predicted octanol–water partition coefficient (Wildman–Crippen LogP) is 3.93. The van der Waals surface area contributed by atoms with E-state index in [9.17, 15) is 14.9 Å². The molecule has 1 fully saturated rings. The minimum Gasteiger partial charge on any atom is -0.404 e. The average molecular weight is 488 g/mol. The maximum Gasteiger partial charge on any atom is 0.268 e. The van der Waals surface area contributed by atoms with Crippen molar-refractivity contribution in [1.29, 1.82) is 10.7 Å². The molecule has 0 saturated carbocycles. The quantitative estimate of drug-likeness (QED) is 0.274. The van der Waals surface area contributed by atoms with Crippen LogP contribution < -0.4 is 11.1 Å². The van der Waals surface area contributed by atoms with Gasteiger partial charge in [0.25, 0.3) is 11.8 Å². The van der Waals surface area contributed by atoms with Crippen LogP contribution in [0.25, 0.3) is 16.6 Å². The summed E-state index contributed by atoms with van der Waals surface area (Å²) < 4.78 is 1.98. The molecule has 1 atom stereocenters. The number of nitriles is 1. The van der Waals surface area contributed by atoms with Gasteiger partial charge in [-0.15, -0.1) is 11.3 Å². The normalized spacial score (nSPS) is 16.7. The van der Waals surface area contributed by atoms with E-state index in [2.05, 4.69) is 10.3 Å². The first-order chi connectivity index (χ1) is 17.0. The summed E-state index contributed by atoms with van der Waals surface area (Å²) in [4.78, 5) is 33.5. The van der Waals surface area contributed by atoms with Gasteiger partial charge in [-0.2, -0.15) is 5.26 Å². The number of likely N-dealkylation sites (tertiary alicyclic amines) is 1. The SMILES string of the molecule is C/C=C(\C#N)C(=O)N1CCCC(n2c(NC(=O)c3ccc(/C(C=N)=C/N)s3)nc3ccccc32)C1. The van der Waals surface area contributed by atoms with Gasteiger partial charge in [-0.05, 0) is 44.0 Å². The van der Waals surface area contributed by atoms with Crippen molar-refractivity contribution in [2.75, 3.05) is 18.4 Å². The van der Waals surface area contributed by atoms with Gasteiger partial charge >= 0.3 is 0 Å². The molecule has 35 heavy (non-hydrogen) atoms. The third-order valence-corrected chi connectivity index (χ3v) is 7.09. The highest BCUT2D eigenvalue weighted by Crippen LogP contribution is 2.31. The first-order valence-electron chi connectivity index (χ1n) is 11.2. The Morgan fingerprint density at radius 1 is 1.29 bits per heavy atom. The Bertz CT molecular complexity index is 1390. The number of thiophene rings is 1. The van der Waals surface area contributed by atoms with Gasteiger partial charge in [-0.1, -0.05) is 18.2 Å². The number of para-hydroxylation sites is 2. The zero-order chi connectivity index (χ0) is 24.9. The monoisotopic (exact) mass is 487 g/mol. The number of benzene rings is 1. The lowest BCUT2D eigenvalue weighted by Crippen LogP contribution is -2.41. The van der Waals surface area contributed by atoms with Crippen molar-refractivity contribution >= 4 is 51.9 Å². The Labute approximate surface area is 206 Å². The summed E-state index contributed by atoms with van der Waals surface area (Å²) in [6, 6.07) is 12.9. The maximum absolute atomic E-state index is 13.1. The molecule has 0 aliphatic carbocycles. The van der Waals surface area contributed by atoms with Crippen LogP contribution in [0.4, 0.5) is 5.95 Å². The molecule has 0 radical (unpaired) electrons. The molecule has 178 valence electrons. The Morgan fingerprint density at radius 2 is 2.06 bits per heavy atom. The third-order valence-electron chi connectivity index (χ3n) is 5.96. The van der Waals surface area contributed by atoms with E-state index < -0.39 is 0 Å². The van der Waals surface area contributed by atoms with Crippen molar-refractivity contribution in [3.63, 3.8) is 0 Å². The number of hydrogen-bond donors (Lipinski definition) is 3. The molecule has 0 bridgehead atoms. The molecule has 9 nitrogen and oxygen atoms in total. The van der Waals surface area contributed by atoms with E-state index in [0.29, 0.717) is 29.5 Å². The molecule has 10 heteroatoms. The Hall–Kier alpha value is -4.23. The lowest BCUT2D eigenvalue weighted by Gasteiger charge is -2.34. The van der Waals surface area contributed by atoms with Gasteiger partial charge in [0.15, 0.2) is 0 Å². The van der Waals surface area contributed by atoms with E-state index in [0.717, 1.165) is 35.0 Å². The summed E-state index contributed by atoms with van der Waals surface area (Å²) in [6.45, 7) is 2.66. The fourth-order valence-corrected chi connectivity index (χ4v) is 5.14. The number of rotatable bonds is 6. The molecule has 0 spiro atoms. The van der Waals surface area contributed by atoms with E-state index in [1.807, 2.05) is 34.9 Å². The Kier molecular flexibility index (Phi) is 7.08. The van der Waals surface area contributed by atoms with Gasteiger partial charge in [-0.3, -0.25) is 14.9 Å². The van der Waals surface area contributed by atoms with Crippen molar-refractivity contribution in [3.8, 4) is 6.07 Å². The lowest BCUT2D eigenvalue weighted by atomic mass is 10.0. The smallest absolute Gasteiger partial charge is 0.268 e. The number of carbonyl (C=O) groups excluding carboxylic acids is 2. The van der Waals surface area contributed by atoms with Crippen LogP contribution >= 0.6 is 11.3 Å². The highest BCUT2D eigenvalue weighted by Gasteiger charge is 2.29. The topological polar surface area (TPSA) is 141 Å². The van der Waals surface area contributed by atoms with E-state index >= 15 is 0 Å². The lowest BCUT2D eigenvalue weighted by molar-refractivity contribution is -0.128. The van der Waals surface area contributed by atoms with Crippen LogP contribution in [0.2, 0.25) is 0 Å². The molecular formula is C25H25N7O2S. The largest absolute Gasteiger partial charge is 0.404 e. The molecule has 3 heterocycles. The number of piperidine rings is 1. The van der Waals surface area contributed by atoms with Gasteiger partial charge in [0.05, 0.1) is 22.0 Å². The van der Waals surface area contributed by atoms with Crippen LogP contribution in [0.1, 0.15) is 40.4 Å². The van der Waals surface area contributed by atoms with Crippen LogP contribution in [-0.2, 0) is 4.79 Å². The summed E-state index contributed by atoms with van der Waals surface area (Å²) in [5, 5.41) is 19.7. The molecule has 2 amide bonds. The van der Waals surface area contributed by atoms with Gasteiger partial charge in [-0.25, -0.2) is 4.98 Å². The molecule has 1 aliphatic heterocycles. The number of fused-ring (bicyclic) bond motifs is 1. The van der Waals surface area contributed by atoms with E-state index in [-0.39, 0.29) is 23.4 Å². The van der Waals surface area contributed by atoms with Crippen molar-refractivity contribution in [2.24, 2.45) is 5.73 Å². The number of aromatic nitrogens is 2. The number of imidazole rings is 1. The first-order valence-corrected chi connectivity index (χ1v) is 12.0. The summed E-state index contributed by atoms with van der Waals surface area (Å²) >= 11 is 1.24. The standard InChI is InChI=1S/C25H25N7O2S/c1-2-16(12-26)24(34)31-11-5-6-18(15-31)32-20-8-4-3-7-19(20)29-25(32)30-23(33)22-10-9-21(35-22)17(13-27)14-28/h2-4,7-10,13-14,18,27H,5-6,11,15,28H2,1H3,(H,29,30,33)/b16-2+,17-14+,27-13?. The molecule has 1 unspecified atom stereocenters.